The van der Waals surface area contributed by atoms with Crippen molar-refractivity contribution in [3.05, 3.63) is 28.7 Å². The number of hydrogen-bond donors (Lipinski definition) is 0. The van der Waals surface area contributed by atoms with Crippen LogP contribution >= 0.6 is 15.9 Å². The van der Waals surface area contributed by atoms with E-state index < -0.39 is 12.8 Å². The fourth-order valence-electron chi connectivity index (χ4n) is 0.702. The van der Waals surface area contributed by atoms with E-state index in [4.69, 9.17) is 0 Å². The average Bonchev–Trinajstić information content (AvgIpc) is 2.09. The maximum Gasteiger partial charge on any atom is 0.427 e. The van der Waals surface area contributed by atoms with Crippen molar-refractivity contribution >= 4 is 15.9 Å². The summed E-state index contributed by atoms with van der Waals surface area (Å²) < 4.78 is 41.1. The van der Waals surface area contributed by atoms with Crippen molar-refractivity contribution in [2.75, 3.05) is 6.67 Å². The van der Waals surface area contributed by atoms with Crippen LogP contribution in [0.1, 0.15) is 0 Å². The summed E-state index contributed by atoms with van der Waals surface area (Å²) in [5, 5.41) is 0. The molecule has 0 bridgehead atoms. The first-order valence-electron chi connectivity index (χ1n) is 3.42. The SMILES string of the molecule is FCC(F)(F)Oc1ccc(Br)cc1. The third kappa shape index (κ3) is 3.26. The molecule has 0 saturated heterocycles. The summed E-state index contributed by atoms with van der Waals surface area (Å²) in [5.41, 5.74) is 0. The zero-order valence-corrected chi connectivity index (χ0v) is 8.02. The first-order valence-corrected chi connectivity index (χ1v) is 4.21. The lowest BCUT2D eigenvalue weighted by molar-refractivity contribution is -0.186. The van der Waals surface area contributed by atoms with E-state index in [0.29, 0.717) is 0 Å². The van der Waals surface area contributed by atoms with Crippen LogP contribution in [0.25, 0.3) is 0 Å². The minimum Gasteiger partial charge on any atom is -0.431 e. The third-order valence-electron chi connectivity index (χ3n) is 1.24. The highest BCUT2D eigenvalue weighted by molar-refractivity contribution is 9.10. The number of hydrogen-bond acceptors (Lipinski definition) is 1. The molecule has 0 heterocycles. The largest absolute Gasteiger partial charge is 0.431 e. The molecule has 0 unspecified atom stereocenters. The van der Waals surface area contributed by atoms with Crippen LogP contribution < -0.4 is 4.74 Å². The fraction of sp³-hybridized carbons (Fsp3) is 0.250. The highest BCUT2D eigenvalue weighted by Crippen LogP contribution is 2.23. The van der Waals surface area contributed by atoms with Gasteiger partial charge in [-0.25, -0.2) is 4.39 Å². The lowest BCUT2D eigenvalue weighted by Crippen LogP contribution is -2.26. The van der Waals surface area contributed by atoms with Gasteiger partial charge in [-0.1, -0.05) is 15.9 Å². The van der Waals surface area contributed by atoms with Crippen molar-refractivity contribution in [2.24, 2.45) is 0 Å². The molecule has 0 saturated carbocycles. The Morgan fingerprint density at radius 3 is 2.23 bits per heavy atom. The molecule has 1 aromatic carbocycles. The molecule has 0 amide bonds. The Balaban J connectivity index is 2.69. The summed E-state index contributed by atoms with van der Waals surface area (Å²) in [5.74, 6) is -0.0640. The van der Waals surface area contributed by atoms with Crippen molar-refractivity contribution in [1.82, 2.24) is 0 Å². The van der Waals surface area contributed by atoms with Crippen LogP contribution in [0.15, 0.2) is 28.7 Å². The van der Waals surface area contributed by atoms with Gasteiger partial charge in [0.1, 0.15) is 5.75 Å². The second kappa shape index (κ2) is 4.00. The molecule has 0 aliphatic rings. The van der Waals surface area contributed by atoms with Gasteiger partial charge < -0.3 is 4.74 Å². The minimum absolute atomic E-state index is 0.0640. The van der Waals surface area contributed by atoms with Gasteiger partial charge >= 0.3 is 6.11 Å². The average molecular weight is 255 g/mol. The molecule has 0 N–H and O–H groups in total. The van der Waals surface area contributed by atoms with Crippen molar-refractivity contribution in [2.45, 2.75) is 6.11 Å². The minimum atomic E-state index is -3.74. The predicted octanol–water partition coefficient (Wildman–Crippen LogP) is 3.39. The van der Waals surface area contributed by atoms with Crippen LogP contribution in [0.5, 0.6) is 5.75 Å². The summed E-state index contributed by atoms with van der Waals surface area (Å²) in [6, 6.07) is 5.72. The molecule has 1 nitrogen and oxygen atoms in total. The molecule has 5 heteroatoms. The van der Waals surface area contributed by atoms with Gasteiger partial charge in [-0.15, -0.1) is 0 Å². The fourth-order valence-corrected chi connectivity index (χ4v) is 0.967. The van der Waals surface area contributed by atoms with E-state index in [9.17, 15) is 13.2 Å². The Kier molecular flexibility index (Phi) is 3.19. The van der Waals surface area contributed by atoms with Crippen LogP contribution in [-0.4, -0.2) is 12.8 Å². The molecule has 0 fully saturated rings. The lowest BCUT2D eigenvalue weighted by Gasteiger charge is -2.13. The number of ether oxygens (including phenoxy) is 1. The van der Waals surface area contributed by atoms with E-state index in [2.05, 4.69) is 20.7 Å². The van der Waals surface area contributed by atoms with Gasteiger partial charge in [0.25, 0.3) is 0 Å². The van der Waals surface area contributed by atoms with Crippen molar-refractivity contribution < 1.29 is 17.9 Å². The maximum atomic E-state index is 12.3. The monoisotopic (exact) mass is 254 g/mol. The Morgan fingerprint density at radius 1 is 1.23 bits per heavy atom. The first kappa shape index (κ1) is 10.4. The molecule has 1 rings (SSSR count). The van der Waals surface area contributed by atoms with E-state index in [1.165, 1.54) is 24.3 Å². The molecule has 72 valence electrons. The highest BCUT2D eigenvalue weighted by atomic mass is 79.9. The second-order valence-electron chi connectivity index (χ2n) is 2.33. The van der Waals surface area contributed by atoms with Crippen LogP contribution in [0.4, 0.5) is 13.2 Å². The van der Waals surface area contributed by atoms with Crippen molar-refractivity contribution in [1.29, 1.82) is 0 Å². The van der Waals surface area contributed by atoms with Gasteiger partial charge in [0, 0.05) is 4.47 Å². The van der Waals surface area contributed by atoms with Crippen molar-refractivity contribution in [3.63, 3.8) is 0 Å². The Hall–Kier alpha value is -0.710. The molecule has 1 aromatic rings. The normalized spacial score (nSPS) is 11.4. The van der Waals surface area contributed by atoms with Crippen LogP contribution in [-0.2, 0) is 0 Å². The number of halogens is 4. The van der Waals surface area contributed by atoms with E-state index in [1.54, 1.807) is 0 Å². The maximum absolute atomic E-state index is 12.3. The molecule has 0 aliphatic heterocycles. The Bertz CT molecular complexity index is 273. The molecular weight excluding hydrogens is 249 g/mol. The van der Waals surface area contributed by atoms with Gasteiger partial charge in [-0.2, -0.15) is 8.78 Å². The van der Waals surface area contributed by atoms with Crippen LogP contribution in [0.2, 0.25) is 0 Å². The Labute approximate surface area is 81.6 Å². The van der Waals surface area contributed by atoms with E-state index >= 15 is 0 Å². The molecule has 13 heavy (non-hydrogen) atoms. The smallest absolute Gasteiger partial charge is 0.427 e. The van der Waals surface area contributed by atoms with E-state index in [0.717, 1.165) is 4.47 Å². The zero-order chi connectivity index (χ0) is 9.90. The molecule has 0 aromatic heterocycles. The predicted molar refractivity (Wildman–Crippen MR) is 45.7 cm³/mol. The molecule has 0 atom stereocenters. The standard InChI is InChI=1S/C8H6BrF3O/c9-6-1-3-7(4-2-6)13-8(11,12)5-10/h1-4H,5H2. The number of alkyl halides is 3. The van der Waals surface area contributed by atoms with E-state index in [-0.39, 0.29) is 5.75 Å². The van der Waals surface area contributed by atoms with Crippen LogP contribution in [0.3, 0.4) is 0 Å². The topological polar surface area (TPSA) is 9.23 Å². The summed E-state index contributed by atoms with van der Waals surface area (Å²) in [6.07, 6.45) is -3.74. The summed E-state index contributed by atoms with van der Waals surface area (Å²) in [6.45, 7) is -1.83. The zero-order valence-electron chi connectivity index (χ0n) is 6.44. The van der Waals surface area contributed by atoms with Gasteiger partial charge in [0.05, 0.1) is 0 Å². The molecule has 0 aliphatic carbocycles. The molecule has 0 spiro atoms. The van der Waals surface area contributed by atoms with Gasteiger partial charge in [0.15, 0.2) is 6.67 Å². The second-order valence-corrected chi connectivity index (χ2v) is 3.24. The van der Waals surface area contributed by atoms with Crippen LogP contribution in [0, 0.1) is 0 Å². The third-order valence-corrected chi connectivity index (χ3v) is 1.77. The summed E-state index contributed by atoms with van der Waals surface area (Å²) >= 11 is 3.13. The summed E-state index contributed by atoms with van der Waals surface area (Å²) in [4.78, 5) is 0. The summed E-state index contributed by atoms with van der Waals surface area (Å²) in [7, 11) is 0. The van der Waals surface area contributed by atoms with Gasteiger partial charge in [-0.3, -0.25) is 0 Å². The number of rotatable bonds is 3. The molecule has 0 radical (unpaired) electrons. The Morgan fingerprint density at radius 2 is 1.77 bits per heavy atom. The highest BCUT2D eigenvalue weighted by Gasteiger charge is 2.31. The number of benzene rings is 1. The quantitative estimate of drug-likeness (QED) is 0.804. The lowest BCUT2D eigenvalue weighted by atomic mass is 10.3. The molecular formula is C8H6BrF3O. The van der Waals surface area contributed by atoms with Gasteiger partial charge in [-0.05, 0) is 24.3 Å². The van der Waals surface area contributed by atoms with Gasteiger partial charge in [0.2, 0.25) is 0 Å². The van der Waals surface area contributed by atoms with E-state index in [1.807, 2.05) is 0 Å². The first-order chi connectivity index (χ1) is 6.03. The van der Waals surface area contributed by atoms with Crippen molar-refractivity contribution in [3.8, 4) is 5.75 Å².